The first-order chi connectivity index (χ1) is 8.36. The Hall–Kier alpha value is -1.54. The van der Waals surface area contributed by atoms with Gasteiger partial charge in [-0.15, -0.1) is 0 Å². The molecule has 2 nitrogen and oxygen atoms in total. The smallest absolute Gasteiger partial charge is 0.131 e. The van der Waals surface area contributed by atoms with Crippen molar-refractivity contribution in [2.45, 2.75) is 29.5 Å². The maximum Gasteiger partial charge on any atom is 0.131 e. The molecule has 17 heavy (non-hydrogen) atoms. The van der Waals surface area contributed by atoms with Gasteiger partial charge in [-0.2, -0.15) is 0 Å². The van der Waals surface area contributed by atoms with E-state index in [1.807, 2.05) is 0 Å². The molecule has 1 saturated heterocycles. The predicted molar refractivity (Wildman–Crippen MR) is 63.0 cm³/mol. The van der Waals surface area contributed by atoms with Crippen LogP contribution in [-0.2, 0) is 11.0 Å². The van der Waals surface area contributed by atoms with E-state index in [4.69, 9.17) is 4.74 Å². The van der Waals surface area contributed by atoms with E-state index in [2.05, 4.69) is 41.7 Å². The van der Waals surface area contributed by atoms with Crippen LogP contribution >= 0.6 is 0 Å². The molecule has 1 aromatic rings. The van der Waals surface area contributed by atoms with Crippen molar-refractivity contribution in [3.05, 3.63) is 53.1 Å². The maximum atomic E-state index is 6.15. The van der Waals surface area contributed by atoms with Crippen LogP contribution in [0.2, 0.25) is 0 Å². The van der Waals surface area contributed by atoms with Crippen molar-refractivity contribution in [1.82, 2.24) is 5.32 Å². The molecule has 3 aliphatic carbocycles. The second-order valence-corrected chi connectivity index (χ2v) is 5.92. The van der Waals surface area contributed by atoms with Crippen LogP contribution in [-0.4, -0.2) is 12.1 Å². The van der Waals surface area contributed by atoms with Crippen LogP contribution in [0.5, 0.6) is 5.75 Å². The van der Waals surface area contributed by atoms with Gasteiger partial charge in [0, 0.05) is 5.56 Å². The summed E-state index contributed by atoms with van der Waals surface area (Å²) in [7, 11) is 0. The Bertz CT molecular complexity index is 673. The third kappa shape index (κ3) is 0.524. The summed E-state index contributed by atoms with van der Waals surface area (Å²) in [6.45, 7) is 0. The Kier molecular flexibility index (Phi) is 0.848. The summed E-state index contributed by atoms with van der Waals surface area (Å²) in [4.78, 5) is 0. The zero-order valence-electron chi connectivity index (χ0n) is 9.23. The van der Waals surface area contributed by atoms with Gasteiger partial charge in [0.05, 0.1) is 17.0 Å². The summed E-state index contributed by atoms with van der Waals surface area (Å²) in [5, 5.41) is 3.71. The predicted octanol–water partition coefficient (Wildman–Crippen LogP) is 1.77. The molecule has 1 saturated carbocycles. The lowest BCUT2D eigenvalue weighted by Gasteiger charge is -2.32. The highest BCUT2D eigenvalue weighted by molar-refractivity contribution is 5.74. The number of hydrogen-bond donors (Lipinski definition) is 1. The van der Waals surface area contributed by atoms with Crippen LogP contribution in [0.25, 0.3) is 0 Å². The van der Waals surface area contributed by atoms with Crippen molar-refractivity contribution in [2.75, 3.05) is 0 Å². The van der Waals surface area contributed by atoms with E-state index in [-0.39, 0.29) is 17.1 Å². The molecule has 2 heteroatoms. The summed E-state index contributed by atoms with van der Waals surface area (Å²) >= 11 is 0. The third-order valence-corrected chi connectivity index (χ3v) is 5.45. The lowest BCUT2D eigenvalue weighted by molar-refractivity contribution is 0.207. The molecule has 0 radical (unpaired) electrons. The van der Waals surface area contributed by atoms with Gasteiger partial charge in [-0.05, 0) is 29.7 Å². The minimum atomic E-state index is 0.191. The quantitative estimate of drug-likeness (QED) is 0.677. The van der Waals surface area contributed by atoms with Crippen LogP contribution in [0.15, 0.2) is 42.0 Å². The molecular weight excluding hydrogens is 210 g/mol. The number of allylic oxidation sites excluding steroid dienone is 2. The van der Waals surface area contributed by atoms with Crippen molar-refractivity contribution in [3.8, 4) is 5.75 Å². The molecule has 82 valence electrons. The fourth-order valence-corrected chi connectivity index (χ4v) is 4.89. The molecule has 5 aliphatic rings. The summed E-state index contributed by atoms with van der Waals surface area (Å²) in [5.74, 6) is 1.12. The molecule has 2 heterocycles. The van der Waals surface area contributed by atoms with E-state index in [9.17, 15) is 0 Å². The molecule has 6 rings (SSSR count). The SMILES string of the molecule is C1=C[C@@H]2Oc3cccc4c3[C@@]23CC42N[C@H]2C3=C1. The number of nitrogens with one attached hydrogen (secondary N) is 1. The van der Waals surface area contributed by atoms with Crippen molar-refractivity contribution in [3.63, 3.8) is 0 Å². The summed E-state index contributed by atoms with van der Waals surface area (Å²) < 4.78 is 6.15. The molecular formula is C15H11NO. The van der Waals surface area contributed by atoms with Gasteiger partial charge in [0.25, 0.3) is 0 Å². The number of piperidine rings is 1. The summed E-state index contributed by atoms with van der Waals surface area (Å²) in [6, 6.07) is 7.15. The Balaban J connectivity index is 1.86. The van der Waals surface area contributed by atoms with Gasteiger partial charge >= 0.3 is 0 Å². The third-order valence-electron chi connectivity index (χ3n) is 5.45. The van der Waals surface area contributed by atoms with Gasteiger partial charge in [-0.1, -0.05) is 24.3 Å². The molecule has 4 atom stereocenters. The first-order valence-corrected chi connectivity index (χ1v) is 6.33. The van der Waals surface area contributed by atoms with E-state index in [1.165, 1.54) is 17.5 Å². The Morgan fingerprint density at radius 2 is 2.35 bits per heavy atom. The van der Waals surface area contributed by atoms with E-state index < -0.39 is 0 Å². The van der Waals surface area contributed by atoms with Crippen molar-refractivity contribution in [2.24, 2.45) is 0 Å². The standard InChI is InChI=1S/C15H11NO/c1-3-8-12-10(5-1)17-11-6-2-4-9-13-15(8,16-13)7-14(9,11)12/h1-6,11,13,16H,7H2/t11-,13-,14+,15?/m0/s1. The monoisotopic (exact) mass is 221 g/mol. The highest BCUT2D eigenvalue weighted by atomic mass is 16.5. The van der Waals surface area contributed by atoms with E-state index >= 15 is 0 Å². The van der Waals surface area contributed by atoms with Crippen LogP contribution in [0.4, 0.5) is 0 Å². The Morgan fingerprint density at radius 3 is 3.35 bits per heavy atom. The second kappa shape index (κ2) is 1.87. The molecule has 0 amide bonds. The second-order valence-electron chi connectivity index (χ2n) is 5.92. The van der Waals surface area contributed by atoms with Crippen LogP contribution in [0.3, 0.4) is 0 Å². The van der Waals surface area contributed by atoms with Crippen LogP contribution < -0.4 is 10.1 Å². The summed E-state index contributed by atoms with van der Waals surface area (Å²) in [5.41, 5.74) is 5.03. The molecule has 2 spiro atoms. The molecule has 2 fully saturated rings. The molecule has 0 aromatic heterocycles. The zero-order chi connectivity index (χ0) is 10.8. The van der Waals surface area contributed by atoms with E-state index in [0.29, 0.717) is 6.04 Å². The van der Waals surface area contributed by atoms with Gasteiger partial charge in [0.2, 0.25) is 0 Å². The highest BCUT2D eigenvalue weighted by Crippen LogP contribution is 2.74. The Morgan fingerprint density at radius 1 is 1.35 bits per heavy atom. The Labute approximate surface area is 99.0 Å². The minimum absolute atomic E-state index is 0.191. The van der Waals surface area contributed by atoms with Gasteiger partial charge in [-0.3, -0.25) is 5.32 Å². The van der Waals surface area contributed by atoms with Crippen molar-refractivity contribution < 1.29 is 4.74 Å². The number of rotatable bonds is 0. The van der Waals surface area contributed by atoms with Crippen LogP contribution in [0.1, 0.15) is 17.5 Å². The lowest BCUT2D eigenvalue weighted by Crippen LogP contribution is -2.39. The molecule has 2 aliphatic heterocycles. The topological polar surface area (TPSA) is 31.2 Å². The van der Waals surface area contributed by atoms with Gasteiger partial charge in [-0.25, -0.2) is 0 Å². The number of benzene rings is 1. The van der Waals surface area contributed by atoms with E-state index in [0.717, 1.165) is 5.75 Å². The van der Waals surface area contributed by atoms with Gasteiger partial charge in [0.15, 0.2) is 0 Å². The normalized spacial score (nSPS) is 48.6. The zero-order valence-corrected chi connectivity index (χ0v) is 9.23. The van der Waals surface area contributed by atoms with Crippen molar-refractivity contribution >= 4 is 0 Å². The first-order valence-electron chi connectivity index (χ1n) is 6.33. The van der Waals surface area contributed by atoms with Crippen molar-refractivity contribution in [1.29, 1.82) is 0 Å². The molecule has 1 unspecified atom stereocenters. The molecule has 1 N–H and O–H groups in total. The minimum Gasteiger partial charge on any atom is -0.485 e. The fourth-order valence-electron chi connectivity index (χ4n) is 4.89. The van der Waals surface area contributed by atoms with E-state index in [1.54, 1.807) is 5.57 Å². The summed E-state index contributed by atoms with van der Waals surface area (Å²) in [6.07, 6.45) is 8.17. The van der Waals surface area contributed by atoms with Gasteiger partial charge in [0.1, 0.15) is 11.9 Å². The number of hydrogen-bond acceptors (Lipinski definition) is 2. The van der Waals surface area contributed by atoms with Gasteiger partial charge < -0.3 is 4.74 Å². The molecule has 1 aromatic carbocycles. The average molecular weight is 221 g/mol. The molecule has 2 bridgehead atoms. The number of fused-ring (bicyclic) bond motifs is 1. The van der Waals surface area contributed by atoms with Crippen LogP contribution in [0, 0.1) is 0 Å². The largest absolute Gasteiger partial charge is 0.485 e. The first kappa shape index (κ1) is 7.72. The lowest BCUT2D eigenvalue weighted by atomic mass is 9.70. The fraction of sp³-hybridized carbons (Fsp3) is 0.333. The highest BCUT2D eigenvalue weighted by Gasteiger charge is 2.79. The number of ether oxygens (including phenoxy) is 1. The average Bonchev–Trinajstić information content (AvgIpc) is 2.74. The maximum absolute atomic E-state index is 6.15.